The molecule has 1 saturated carbocycles. The average molecular weight is 398 g/mol. The largest absolute Gasteiger partial charge is 0.496 e. The molecule has 1 aliphatic carbocycles. The summed E-state index contributed by atoms with van der Waals surface area (Å²) in [6.45, 7) is 0.622. The number of hydrogen-bond donors (Lipinski definition) is 2. The zero-order valence-corrected chi connectivity index (χ0v) is 15.5. The van der Waals surface area contributed by atoms with E-state index >= 15 is 0 Å². The van der Waals surface area contributed by atoms with Crippen LogP contribution in [0.4, 0.5) is 0 Å². The Bertz CT molecular complexity index is 582. The number of benzene rings is 1. The SMILES string of the molecule is COc1cc(Br)ccc1CCCNC(=O)C1CCC(C(=O)O)CC1. The Morgan fingerprint density at radius 1 is 1.25 bits per heavy atom. The molecule has 5 nitrogen and oxygen atoms in total. The first kappa shape index (κ1) is 18.8. The number of hydrogen-bond acceptors (Lipinski definition) is 3. The maximum atomic E-state index is 12.2. The van der Waals surface area contributed by atoms with E-state index in [-0.39, 0.29) is 17.7 Å². The molecule has 0 heterocycles. The van der Waals surface area contributed by atoms with Crippen molar-refractivity contribution >= 4 is 27.8 Å². The van der Waals surface area contributed by atoms with Crippen molar-refractivity contribution in [3.8, 4) is 5.75 Å². The maximum Gasteiger partial charge on any atom is 0.306 e. The number of carbonyl (C=O) groups is 2. The number of rotatable bonds is 7. The zero-order chi connectivity index (χ0) is 17.5. The fourth-order valence-electron chi connectivity index (χ4n) is 3.16. The number of nitrogens with one attached hydrogen (secondary N) is 1. The van der Waals surface area contributed by atoms with E-state index in [0.717, 1.165) is 28.6 Å². The van der Waals surface area contributed by atoms with Gasteiger partial charge in [-0.3, -0.25) is 9.59 Å². The van der Waals surface area contributed by atoms with Crippen molar-refractivity contribution in [3.05, 3.63) is 28.2 Å². The number of carbonyl (C=O) groups excluding carboxylic acids is 1. The lowest BCUT2D eigenvalue weighted by atomic mass is 9.81. The Kier molecular flexibility index (Phi) is 7.09. The Morgan fingerprint density at radius 2 is 1.92 bits per heavy atom. The minimum absolute atomic E-state index is 0.0391. The van der Waals surface area contributed by atoms with Crippen molar-refractivity contribution in [1.82, 2.24) is 5.32 Å². The molecule has 0 saturated heterocycles. The highest BCUT2D eigenvalue weighted by molar-refractivity contribution is 9.10. The molecule has 1 aromatic rings. The second-order valence-corrected chi connectivity index (χ2v) is 7.15. The van der Waals surface area contributed by atoms with Crippen LogP contribution in [0.15, 0.2) is 22.7 Å². The molecule has 1 aromatic carbocycles. The summed E-state index contributed by atoms with van der Waals surface area (Å²) in [5.41, 5.74) is 1.12. The van der Waals surface area contributed by atoms with Gasteiger partial charge >= 0.3 is 5.97 Å². The second kappa shape index (κ2) is 9.06. The number of ether oxygens (including phenoxy) is 1. The molecular weight excluding hydrogens is 374 g/mol. The third kappa shape index (κ3) is 5.23. The van der Waals surface area contributed by atoms with Gasteiger partial charge in [-0.2, -0.15) is 0 Å². The quantitative estimate of drug-likeness (QED) is 0.691. The van der Waals surface area contributed by atoms with E-state index in [1.807, 2.05) is 18.2 Å². The molecule has 0 aliphatic heterocycles. The smallest absolute Gasteiger partial charge is 0.306 e. The van der Waals surface area contributed by atoms with Gasteiger partial charge in [-0.1, -0.05) is 22.0 Å². The fraction of sp³-hybridized carbons (Fsp3) is 0.556. The molecule has 0 bridgehead atoms. The van der Waals surface area contributed by atoms with Crippen LogP contribution in [0.2, 0.25) is 0 Å². The second-order valence-electron chi connectivity index (χ2n) is 6.24. The fourth-order valence-corrected chi connectivity index (χ4v) is 3.50. The van der Waals surface area contributed by atoms with Gasteiger partial charge in [-0.15, -0.1) is 0 Å². The first-order valence-electron chi connectivity index (χ1n) is 8.34. The van der Waals surface area contributed by atoms with Crippen LogP contribution < -0.4 is 10.1 Å². The molecule has 0 aromatic heterocycles. The lowest BCUT2D eigenvalue weighted by molar-refractivity contribution is -0.144. The molecular formula is C18H24BrNO4. The highest BCUT2D eigenvalue weighted by Crippen LogP contribution is 2.29. The molecule has 2 rings (SSSR count). The van der Waals surface area contributed by atoms with Crippen LogP contribution in [-0.4, -0.2) is 30.6 Å². The zero-order valence-electron chi connectivity index (χ0n) is 13.9. The summed E-state index contributed by atoms with van der Waals surface area (Å²) >= 11 is 3.42. The molecule has 6 heteroatoms. The van der Waals surface area contributed by atoms with Gasteiger partial charge in [-0.25, -0.2) is 0 Å². The highest BCUT2D eigenvalue weighted by atomic mass is 79.9. The lowest BCUT2D eigenvalue weighted by Gasteiger charge is -2.25. The number of halogens is 1. The van der Waals surface area contributed by atoms with Gasteiger partial charge in [0.1, 0.15) is 5.75 Å². The Labute approximate surface area is 150 Å². The number of aryl methyl sites for hydroxylation is 1. The predicted octanol–water partition coefficient (Wildman–Crippen LogP) is 3.40. The lowest BCUT2D eigenvalue weighted by Crippen LogP contribution is -2.35. The number of aliphatic carboxylic acids is 1. The number of carboxylic acid groups (broad SMARTS) is 1. The van der Waals surface area contributed by atoms with Crippen molar-refractivity contribution in [1.29, 1.82) is 0 Å². The van der Waals surface area contributed by atoms with Crippen LogP contribution in [-0.2, 0) is 16.0 Å². The summed E-state index contributed by atoms with van der Waals surface area (Å²) in [6, 6.07) is 5.95. The van der Waals surface area contributed by atoms with Crippen LogP contribution in [0.5, 0.6) is 5.75 Å². The number of amides is 1. The van der Waals surface area contributed by atoms with Crippen LogP contribution in [0, 0.1) is 11.8 Å². The summed E-state index contributed by atoms with van der Waals surface area (Å²) in [4.78, 5) is 23.1. The Morgan fingerprint density at radius 3 is 2.54 bits per heavy atom. The molecule has 1 fully saturated rings. The van der Waals surface area contributed by atoms with E-state index in [2.05, 4.69) is 21.2 Å². The monoisotopic (exact) mass is 397 g/mol. The van der Waals surface area contributed by atoms with E-state index in [1.165, 1.54) is 0 Å². The van der Waals surface area contributed by atoms with Crippen molar-refractivity contribution in [2.24, 2.45) is 11.8 Å². The number of methoxy groups -OCH3 is 1. The summed E-state index contributed by atoms with van der Waals surface area (Å²) in [5.74, 6) is -0.150. The Hall–Kier alpha value is -1.56. The highest BCUT2D eigenvalue weighted by Gasteiger charge is 2.29. The van der Waals surface area contributed by atoms with Gasteiger partial charge in [0.15, 0.2) is 0 Å². The van der Waals surface area contributed by atoms with E-state index in [0.29, 0.717) is 32.2 Å². The first-order chi connectivity index (χ1) is 11.5. The normalized spacial score (nSPS) is 20.4. The van der Waals surface area contributed by atoms with Crippen LogP contribution in [0.1, 0.15) is 37.7 Å². The van der Waals surface area contributed by atoms with E-state index in [1.54, 1.807) is 7.11 Å². The van der Waals surface area contributed by atoms with Crippen molar-refractivity contribution in [3.63, 3.8) is 0 Å². The van der Waals surface area contributed by atoms with E-state index < -0.39 is 5.97 Å². The minimum atomic E-state index is -0.739. The maximum absolute atomic E-state index is 12.2. The Balaban J connectivity index is 1.71. The molecule has 0 spiro atoms. The van der Waals surface area contributed by atoms with Crippen LogP contribution >= 0.6 is 15.9 Å². The molecule has 1 amide bonds. The summed E-state index contributed by atoms with van der Waals surface area (Å²) in [7, 11) is 1.65. The minimum Gasteiger partial charge on any atom is -0.496 e. The van der Waals surface area contributed by atoms with E-state index in [9.17, 15) is 9.59 Å². The molecule has 132 valence electrons. The third-order valence-electron chi connectivity index (χ3n) is 4.62. The molecule has 0 radical (unpaired) electrons. The topological polar surface area (TPSA) is 75.6 Å². The van der Waals surface area contributed by atoms with Gasteiger partial charge in [0.05, 0.1) is 13.0 Å². The summed E-state index contributed by atoms with van der Waals surface area (Å²) in [6.07, 6.45) is 4.22. The standard InChI is InChI=1S/C18H24BrNO4/c1-24-16-11-15(19)9-8-12(16)3-2-10-20-17(21)13-4-6-14(7-5-13)18(22)23/h8-9,11,13-14H,2-7,10H2,1H3,(H,20,21)(H,22,23). The van der Waals surface area contributed by atoms with Crippen molar-refractivity contribution < 1.29 is 19.4 Å². The van der Waals surface area contributed by atoms with E-state index in [4.69, 9.17) is 9.84 Å². The molecule has 24 heavy (non-hydrogen) atoms. The molecule has 1 aliphatic rings. The van der Waals surface area contributed by atoms with Crippen molar-refractivity contribution in [2.45, 2.75) is 38.5 Å². The summed E-state index contributed by atoms with van der Waals surface area (Å²) < 4.78 is 6.34. The average Bonchev–Trinajstić information content (AvgIpc) is 2.59. The van der Waals surface area contributed by atoms with Crippen LogP contribution in [0.3, 0.4) is 0 Å². The molecule has 0 atom stereocenters. The third-order valence-corrected chi connectivity index (χ3v) is 5.11. The van der Waals surface area contributed by atoms with Gasteiger partial charge in [0.2, 0.25) is 5.91 Å². The van der Waals surface area contributed by atoms with Gasteiger partial charge < -0.3 is 15.2 Å². The molecule has 2 N–H and O–H groups in total. The summed E-state index contributed by atoms with van der Waals surface area (Å²) in [5, 5.41) is 12.0. The van der Waals surface area contributed by atoms with Gasteiger partial charge in [0.25, 0.3) is 0 Å². The molecule has 0 unspecified atom stereocenters. The van der Waals surface area contributed by atoms with Gasteiger partial charge in [0, 0.05) is 16.9 Å². The number of carboxylic acids is 1. The first-order valence-corrected chi connectivity index (χ1v) is 9.13. The van der Waals surface area contributed by atoms with Crippen LogP contribution in [0.25, 0.3) is 0 Å². The predicted molar refractivity (Wildman–Crippen MR) is 95.1 cm³/mol. The van der Waals surface area contributed by atoms with Crippen molar-refractivity contribution in [2.75, 3.05) is 13.7 Å². The van der Waals surface area contributed by atoms with Gasteiger partial charge in [-0.05, 0) is 56.2 Å².